The standard InChI is InChI=1S/C8H11NO2/c1-2-5-3-6(10)4-7(9)8(5)11/h3-4,10-11H,2,9H2,1H3. The van der Waals surface area contributed by atoms with Crippen LogP contribution in [0.15, 0.2) is 12.1 Å². The van der Waals surface area contributed by atoms with Gasteiger partial charge in [-0.05, 0) is 18.1 Å². The van der Waals surface area contributed by atoms with Crippen LogP contribution in [0.1, 0.15) is 12.5 Å². The topological polar surface area (TPSA) is 66.5 Å². The third kappa shape index (κ3) is 1.37. The third-order valence-electron chi connectivity index (χ3n) is 1.58. The Morgan fingerprint density at radius 3 is 2.55 bits per heavy atom. The maximum absolute atomic E-state index is 9.29. The lowest BCUT2D eigenvalue weighted by atomic mass is 10.1. The van der Waals surface area contributed by atoms with Gasteiger partial charge in [-0.3, -0.25) is 0 Å². The van der Waals surface area contributed by atoms with Crippen molar-refractivity contribution in [2.24, 2.45) is 0 Å². The van der Waals surface area contributed by atoms with Gasteiger partial charge in [0.15, 0.2) is 0 Å². The van der Waals surface area contributed by atoms with Gasteiger partial charge in [-0.1, -0.05) is 6.92 Å². The molecule has 0 bridgehead atoms. The van der Waals surface area contributed by atoms with Crippen LogP contribution < -0.4 is 5.73 Å². The fraction of sp³-hybridized carbons (Fsp3) is 0.250. The number of nitrogens with two attached hydrogens (primary N) is 1. The molecule has 0 saturated heterocycles. The first-order valence-electron chi connectivity index (χ1n) is 3.45. The third-order valence-corrected chi connectivity index (χ3v) is 1.58. The summed E-state index contributed by atoms with van der Waals surface area (Å²) in [5.74, 6) is 0.169. The van der Waals surface area contributed by atoms with Gasteiger partial charge >= 0.3 is 0 Å². The molecule has 0 amide bonds. The molecule has 0 aliphatic carbocycles. The smallest absolute Gasteiger partial charge is 0.141 e. The van der Waals surface area contributed by atoms with Crippen LogP contribution in [0.25, 0.3) is 0 Å². The van der Waals surface area contributed by atoms with E-state index < -0.39 is 0 Å². The lowest BCUT2D eigenvalue weighted by Gasteiger charge is -2.04. The minimum Gasteiger partial charge on any atom is -0.508 e. The van der Waals surface area contributed by atoms with Crippen LogP contribution in [-0.2, 0) is 6.42 Å². The molecule has 60 valence electrons. The predicted octanol–water partition coefficient (Wildman–Crippen LogP) is 1.24. The zero-order valence-corrected chi connectivity index (χ0v) is 6.33. The quantitative estimate of drug-likeness (QED) is 0.323. The lowest BCUT2D eigenvalue weighted by molar-refractivity contribution is 0.457. The monoisotopic (exact) mass is 153 g/mol. The van der Waals surface area contributed by atoms with Crippen molar-refractivity contribution in [2.45, 2.75) is 13.3 Å². The summed E-state index contributed by atoms with van der Waals surface area (Å²) in [4.78, 5) is 0. The average molecular weight is 153 g/mol. The van der Waals surface area contributed by atoms with Crippen LogP contribution in [-0.4, -0.2) is 10.2 Å². The van der Waals surface area contributed by atoms with E-state index in [0.717, 1.165) is 0 Å². The van der Waals surface area contributed by atoms with E-state index >= 15 is 0 Å². The van der Waals surface area contributed by atoms with Gasteiger partial charge < -0.3 is 15.9 Å². The first kappa shape index (κ1) is 7.72. The van der Waals surface area contributed by atoms with E-state index in [-0.39, 0.29) is 17.2 Å². The van der Waals surface area contributed by atoms with Crippen LogP contribution in [0.4, 0.5) is 5.69 Å². The van der Waals surface area contributed by atoms with Crippen LogP contribution >= 0.6 is 0 Å². The molecule has 0 heterocycles. The summed E-state index contributed by atoms with van der Waals surface area (Å²) in [5, 5.41) is 18.3. The fourth-order valence-corrected chi connectivity index (χ4v) is 0.971. The molecule has 0 fully saturated rings. The Labute approximate surface area is 65.1 Å². The molecular weight excluding hydrogens is 142 g/mol. The van der Waals surface area contributed by atoms with Gasteiger partial charge in [-0.15, -0.1) is 0 Å². The second kappa shape index (κ2) is 2.70. The number of hydrogen-bond acceptors (Lipinski definition) is 3. The Morgan fingerprint density at radius 1 is 1.36 bits per heavy atom. The molecule has 0 radical (unpaired) electrons. The zero-order chi connectivity index (χ0) is 8.43. The number of benzene rings is 1. The van der Waals surface area contributed by atoms with Gasteiger partial charge in [0.1, 0.15) is 11.5 Å². The van der Waals surface area contributed by atoms with Crippen LogP contribution in [0.2, 0.25) is 0 Å². The zero-order valence-electron chi connectivity index (χ0n) is 6.33. The van der Waals surface area contributed by atoms with E-state index in [0.29, 0.717) is 12.0 Å². The van der Waals surface area contributed by atoms with Crippen molar-refractivity contribution in [3.8, 4) is 11.5 Å². The summed E-state index contributed by atoms with van der Waals surface area (Å²) in [5.41, 5.74) is 6.28. The molecule has 1 aromatic carbocycles. The molecule has 0 aromatic heterocycles. The molecule has 0 atom stereocenters. The maximum atomic E-state index is 9.29. The SMILES string of the molecule is CCc1cc(O)cc(N)c1O. The molecule has 0 spiro atoms. The molecule has 1 rings (SSSR count). The Kier molecular flexibility index (Phi) is 1.89. The van der Waals surface area contributed by atoms with Gasteiger partial charge in [-0.25, -0.2) is 0 Å². The Balaban J connectivity index is 3.24. The summed E-state index contributed by atoms with van der Waals surface area (Å²) in [6.45, 7) is 1.88. The summed E-state index contributed by atoms with van der Waals surface area (Å²) in [6, 6.07) is 2.83. The molecule has 0 aliphatic rings. The highest BCUT2D eigenvalue weighted by molar-refractivity contribution is 5.59. The number of hydrogen-bond donors (Lipinski definition) is 3. The summed E-state index contributed by atoms with van der Waals surface area (Å²) >= 11 is 0. The van der Waals surface area contributed by atoms with E-state index in [2.05, 4.69) is 0 Å². The minimum atomic E-state index is 0.0744. The second-order valence-corrected chi connectivity index (χ2v) is 2.40. The molecule has 0 aliphatic heterocycles. The van der Waals surface area contributed by atoms with Gasteiger partial charge in [-0.2, -0.15) is 0 Å². The summed E-state index contributed by atoms with van der Waals surface area (Å²) in [7, 11) is 0. The first-order valence-corrected chi connectivity index (χ1v) is 3.45. The number of phenolic OH excluding ortho intramolecular Hbond substituents is 2. The van der Waals surface area contributed by atoms with Gasteiger partial charge in [0.2, 0.25) is 0 Å². The molecule has 3 heteroatoms. The van der Waals surface area contributed by atoms with Gasteiger partial charge in [0, 0.05) is 6.07 Å². The van der Waals surface area contributed by atoms with Gasteiger partial charge in [0.25, 0.3) is 0 Å². The van der Waals surface area contributed by atoms with Crippen molar-refractivity contribution in [3.63, 3.8) is 0 Å². The van der Waals surface area contributed by atoms with E-state index in [1.165, 1.54) is 12.1 Å². The highest BCUT2D eigenvalue weighted by Crippen LogP contribution is 2.29. The van der Waals surface area contributed by atoms with Crippen molar-refractivity contribution in [2.75, 3.05) is 5.73 Å². The average Bonchev–Trinajstić information content (AvgIpc) is 1.96. The number of nitrogen functional groups attached to an aromatic ring is 1. The number of rotatable bonds is 1. The van der Waals surface area contributed by atoms with Crippen molar-refractivity contribution in [1.29, 1.82) is 0 Å². The molecule has 1 aromatic rings. The first-order chi connectivity index (χ1) is 5.15. The van der Waals surface area contributed by atoms with E-state index in [9.17, 15) is 5.11 Å². The second-order valence-electron chi connectivity index (χ2n) is 2.40. The van der Waals surface area contributed by atoms with Crippen LogP contribution in [0.5, 0.6) is 11.5 Å². The van der Waals surface area contributed by atoms with E-state index in [1.807, 2.05) is 6.92 Å². The minimum absolute atomic E-state index is 0.0744. The number of aryl methyl sites for hydroxylation is 1. The Hall–Kier alpha value is -1.38. The van der Waals surface area contributed by atoms with Crippen LogP contribution in [0.3, 0.4) is 0 Å². The molecule has 0 saturated carbocycles. The molecular formula is C8H11NO2. The Bertz CT molecular complexity index is 271. The number of phenols is 2. The van der Waals surface area contributed by atoms with E-state index in [4.69, 9.17) is 10.8 Å². The number of anilines is 1. The van der Waals surface area contributed by atoms with Crippen molar-refractivity contribution in [1.82, 2.24) is 0 Å². The predicted molar refractivity (Wildman–Crippen MR) is 43.6 cm³/mol. The van der Waals surface area contributed by atoms with E-state index in [1.54, 1.807) is 0 Å². The maximum Gasteiger partial charge on any atom is 0.141 e. The lowest BCUT2D eigenvalue weighted by Crippen LogP contribution is -1.89. The Morgan fingerprint density at radius 2 is 2.00 bits per heavy atom. The number of aromatic hydroxyl groups is 2. The fourth-order valence-electron chi connectivity index (χ4n) is 0.971. The highest BCUT2D eigenvalue weighted by Gasteiger charge is 2.04. The molecule has 11 heavy (non-hydrogen) atoms. The highest BCUT2D eigenvalue weighted by atomic mass is 16.3. The van der Waals surface area contributed by atoms with Crippen molar-refractivity contribution >= 4 is 5.69 Å². The molecule has 0 unspecified atom stereocenters. The molecule has 3 nitrogen and oxygen atoms in total. The van der Waals surface area contributed by atoms with Gasteiger partial charge in [0.05, 0.1) is 5.69 Å². The summed E-state index contributed by atoms with van der Waals surface area (Å²) in [6.07, 6.45) is 0.657. The van der Waals surface area contributed by atoms with Crippen molar-refractivity contribution in [3.05, 3.63) is 17.7 Å². The van der Waals surface area contributed by atoms with Crippen LogP contribution in [0, 0.1) is 0 Å². The normalized spacial score (nSPS) is 9.91. The molecule has 4 N–H and O–H groups in total. The van der Waals surface area contributed by atoms with Crippen molar-refractivity contribution < 1.29 is 10.2 Å². The summed E-state index contributed by atoms with van der Waals surface area (Å²) < 4.78 is 0. The largest absolute Gasteiger partial charge is 0.508 e.